The van der Waals surface area contributed by atoms with Gasteiger partial charge in [0, 0.05) is 61.5 Å². The number of nitrogens with one attached hydrogen (secondary N) is 2. The van der Waals surface area contributed by atoms with Gasteiger partial charge in [-0.15, -0.1) is 0 Å². The van der Waals surface area contributed by atoms with Crippen LogP contribution in [0.4, 0.5) is 10.3 Å². The first-order valence-electron chi connectivity index (χ1n) is 21.8. The third-order valence-corrected chi connectivity index (χ3v) is 13.4. The first-order valence-corrected chi connectivity index (χ1v) is 21.8. The number of fused-ring (bicyclic) bond motifs is 1. The number of hydrogen-bond donors (Lipinski definition) is 3. The van der Waals surface area contributed by atoms with E-state index in [1.807, 2.05) is 23.1 Å². The summed E-state index contributed by atoms with van der Waals surface area (Å²) < 4.78 is 23.5. The normalized spacial score (nSPS) is 22.4. The van der Waals surface area contributed by atoms with E-state index in [4.69, 9.17) is 4.42 Å². The number of oxazole rings is 1. The standard InChI is InChI=1S/C46H51FN8O7/c47-35-28-48-44(51-41(35)31-5-4-8-34(26-31)54-19-2-1-9-40(54)57)49-33-7-3-6-32(25-33)43(59)53-23-17-46(61,18-24-53)16-22-52-20-14-29(15-21-52)30-10-11-36-38(27-30)62-45(60)55(36)37-12-13-39(56)50-42(37)58/h1-2,4-5,8-11,19,26-29,32-33,37,61H,3,6-7,12-18,20-25H2,(H,48,49,51)(H,50,56,58)/t32-,33+,37?/m0/s1. The van der Waals surface area contributed by atoms with E-state index >= 15 is 4.39 Å². The van der Waals surface area contributed by atoms with E-state index in [1.165, 1.54) is 15.2 Å². The molecule has 324 valence electrons. The van der Waals surface area contributed by atoms with Crippen molar-refractivity contribution in [2.45, 2.75) is 94.2 Å². The van der Waals surface area contributed by atoms with Crippen LogP contribution in [0.2, 0.25) is 0 Å². The summed E-state index contributed by atoms with van der Waals surface area (Å²) in [7, 11) is 0. The maximum absolute atomic E-state index is 15.1. The van der Waals surface area contributed by atoms with Crippen LogP contribution in [-0.2, 0) is 14.4 Å². The van der Waals surface area contributed by atoms with Crippen molar-refractivity contribution in [3.05, 3.63) is 105 Å². The molecule has 62 heavy (non-hydrogen) atoms. The van der Waals surface area contributed by atoms with Crippen molar-refractivity contribution >= 4 is 34.8 Å². The Morgan fingerprint density at radius 2 is 1.77 bits per heavy atom. The highest BCUT2D eigenvalue weighted by Gasteiger charge is 2.38. The Bertz CT molecular complexity index is 2610. The van der Waals surface area contributed by atoms with Crippen LogP contribution in [0.25, 0.3) is 28.0 Å². The molecule has 4 aliphatic rings. The van der Waals surface area contributed by atoms with Gasteiger partial charge in [0.1, 0.15) is 11.7 Å². The number of pyridine rings is 1. The predicted octanol–water partition coefficient (Wildman–Crippen LogP) is 4.91. The summed E-state index contributed by atoms with van der Waals surface area (Å²) in [6, 6.07) is 16.8. The zero-order valence-electron chi connectivity index (χ0n) is 34.5. The second kappa shape index (κ2) is 17.4. The van der Waals surface area contributed by atoms with E-state index in [9.17, 15) is 29.1 Å². The number of aliphatic hydroxyl groups is 1. The van der Waals surface area contributed by atoms with Gasteiger partial charge in [-0.1, -0.05) is 30.7 Å². The summed E-state index contributed by atoms with van der Waals surface area (Å²) >= 11 is 0. The van der Waals surface area contributed by atoms with Crippen LogP contribution in [-0.4, -0.2) is 96.1 Å². The summed E-state index contributed by atoms with van der Waals surface area (Å²) in [5.41, 5.74) is 2.25. The molecule has 3 N–H and O–H groups in total. The van der Waals surface area contributed by atoms with Gasteiger partial charge in [0.25, 0.3) is 5.56 Å². The zero-order valence-corrected chi connectivity index (χ0v) is 34.5. The van der Waals surface area contributed by atoms with Crippen LogP contribution in [0.1, 0.15) is 88.2 Å². The molecule has 1 aliphatic carbocycles. The number of hydrogen-bond acceptors (Lipinski definition) is 11. The Hall–Kier alpha value is -6.00. The van der Waals surface area contributed by atoms with Gasteiger partial charge in [-0.2, -0.15) is 0 Å². The number of amides is 3. The van der Waals surface area contributed by atoms with E-state index in [-0.39, 0.29) is 59.7 Å². The Morgan fingerprint density at radius 1 is 0.952 bits per heavy atom. The molecule has 2 aromatic carbocycles. The highest BCUT2D eigenvalue weighted by Crippen LogP contribution is 2.35. The molecule has 3 aromatic heterocycles. The number of halogens is 1. The van der Waals surface area contributed by atoms with Crippen molar-refractivity contribution in [3.8, 4) is 16.9 Å². The van der Waals surface area contributed by atoms with Gasteiger partial charge in [-0.25, -0.2) is 19.2 Å². The molecule has 3 saturated heterocycles. The number of nitrogens with zero attached hydrogens (tertiary/aromatic N) is 6. The molecule has 0 spiro atoms. The Labute approximate surface area is 356 Å². The molecule has 6 heterocycles. The molecule has 15 nitrogen and oxygen atoms in total. The van der Waals surface area contributed by atoms with Crippen molar-refractivity contribution in [2.75, 3.05) is 38.0 Å². The largest absolute Gasteiger partial charge is 0.420 e. The highest BCUT2D eigenvalue weighted by atomic mass is 19.1. The summed E-state index contributed by atoms with van der Waals surface area (Å²) in [5.74, 6) is -1.51. The van der Waals surface area contributed by atoms with E-state index in [2.05, 4.69) is 25.5 Å². The van der Waals surface area contributed by atoms with Crippen LogP contribution in [0.5, 0.6) is 0 Å². The molecule has 3 aliphatic heterocycles. The van der Waals surface area contributed by atoms with E-state index < -0.39 is 29.1 Å². The van der Waals surface area contributed by atoms with Gasteiger partial charge in [0.2, 0.25) is 23.7 Å². The SMILES string of the molecule is O=C1CCC(n2c(=O)oc3cc(C4CCN(CCC5(O)CCN(C(=O)[C@H]6CCC[C@@H](Nc7ncc(F)c(-c8cccc(-n9ccccc9=O)c8)n7)C6)CC5)CC4)ccc32)C(=O)N1. The van der Waals surface area contributed by atoms with Gasteiger partial charge in [-0.3, -0.25) is 33.6 Å². The van der Waals surface area contributed by atoms with E-state index in [0.29, 0.717) is 61.1 Å². The van der Waals surface area contributed by atoms with Crippen molar-refractivity contribution in [1.29, 1.82) is 0 Å². The smallest absolute Gasteiger partial charge is 0.408 e. The topological polar surface area (TPSA) is 185 Å². The summed E-state index contributed by atoms with van der Waals surface area (Å²) in [5, 5.41) is 17.3. The maximum atomic E-state index is 15.1. The Kier molecular flexibility index (Phi) is 11.6. The molecule has 3 amide bonds. The summed E-state index contributed by atoms with van der Waals surface area (Å²) in [6.45, 7) is 3.52. The lowest BCUT2D eigenvalue weighted by molar-refractivity contribution is -0.141. The summed E-state index contributed by atoms with van der Waals surface area (Å²) in [6.07, 6.45) is 9.83. The van der Waals surface area contributed by atoms with Crippen molar-refractivity contribution in [2.24, 2.45) is 5.92 Å². The number of likely N-dealkylation sites (tertiary alicyclic amines) is 2. The number of piperidine rings is 3. The summed E-state index contributed by atoms with van der Waals surface area (Å²) in [4.78, 5) is 76.1. The molecular formula is C46H51FN8O7. The number of rotatable bonds is 10. The number of anilines is 1. The minimum Gasteiger partial charge on any atom is -0.408 e. The zero-order chi connectivity index (χ0) is 43.0. The lowest BCUT2D eigenvalue weighted by Gasteiger charge is -2.42. The molecule has 0 bridgehead atoms. The molecular weight excluding hydrogens is 796 g/mol. The fraction of sp³-hybridized carbons (Fsp3) is 0.457. The van der Waals surface area contributed by atoms with Crippen molar-refractivity contribution < 1.29 is 28.3 Å². The fourth-order valence-corrected chi connectivity index (χ4v) is 9.85. The van der Waals surface area contributed by atoms with Gasteiger partial charge >= 0.3 is 5.76 Å². The van der Waals surface area contributed by atoms with Crippen LogP contribution in [0.15, 0.2) is 87.1 Å². The molecule has 16 heteroatoms. The van der Waals surface area contributed by atoms with Crippen molar-refractivity contribution in [3.63, 3.8) is 0 Å². The molecule has 0 radical (unpaired) electrons. The number of carbonyl (C=O) groups is 3. The van der Waals surface area contributed by atoms with Crippen LogP contribution >= 0.6 is 0 Å². The highest BCUT2D eigenvalue weighted by molar-refractivity contribution is 6.00. The lowest BCUT2D eigenvalue weighted by atomic mass is 9.83. The average Bonchev–Trinajstić information content (AvgIpc) is 3.61. The predicted molar refractivity (Wildman–Crippen MR) is 228 cm³/mol. The molecule has 1 saturated carbocycles. The Balaban J connectivity index is 0.741. The number of benzene rings is 2. The Morgan fingerprint density at radius 3 is 2.56 bits per heavy atom. The molecule has 1 unspecified atom stereocenters. The van der Waals surface area contributed by atoms with Crippen LogP contribution < -0.4 is 21.9 Å². The molecule has 5 aromatic rings. The number of carbonyl (C=O) groups excluding carboxylic acids is 3. The maximum Gasteiger partial charge on any atom is 0.420 e. The minimum atomic E-state index is -0.837. The van der Waals surface area contributed by atoms with Gasteiger partial charge in [0.15, 0.2) is 11.4 Å². The van der Waals surface area contributed by atoms with Gasteiger partial charge in [0.05, 0.1) is 17.3 Å². The van der Waals surface area contributed by atoms with E-state index in [1.54, 1.807) is 42.6 Å². The van der Waals surface area contributed by atoms with Crippen molar-refractivity contribution in [1.82, 2.24) is 34.2 Å². The van der Waals surface area contributed by atoms with Crippen LogP contribution in [0, 0.1) is 11.7 Å². The van der Waals surface area contributed by atoms with Gasteiger partial charge < -0.3 is 24.6 Å². The monoisotopic (exact) mass is 846 g/mol. The number of aromatic nitrogens is 4. The average molecular weight is 847 g/mol. The quantitative estimate of drug-likeness (QED) is 0.162. The molecule has 9 rings (SSSR count). The fourth-order valence-electron chi connectivity index (χ4n) is 9.85. The minimum absolute atomic E-state index is 0.0633. The van der Waals surface area contributed by atoms with Crippen LogP contribution in [0.3, 0.4) is 0 Å². The second-order valence-electron chi connectivity index (χ2n) is 17.4. The number of imide groups is 1. The van der Waals surface area contributed by atoms with E-state index in [0.717, 1.165) is 63.5 Å². The first-order chi connectivity index (χ1) is 30.0. The van der Waals surface area contributed by atoms with Gasteiger partial charge in [-0.05, 0) is 113 Å². The lowest BCUT2D eigenvalue weighted by Crippen LogP contribution is -2.50. The third-order valence-electron chi connectivity index (χ3n) is 13.4. The molecule has 4 fully saturated rings. The third kappa shape index (κ3) is 8.71. The second-order valence-corrected chi connectivity index (χ2v) is 17.4. The molecule has 3 atom stereocenters. The first kappa shape index (κ1) is 41.4.